The Hall–Kier alpha value is -1.92. The Bertz CT molecular complexity index is 603. The van der Waals surface area contributed by atoms with Gasteiger partial charge in [0.05, 0.1) is 13.4 Å². The van der Waals surface area contributed by atoms with Gasteiger partial charge < -0.3 is 20.0 Å². The summed E-state index contributed by atoms with van der Waals surface area (Å²) in [6.07, 6.45) is 2.11. The van der Waals surface area contributed by atoms with E-state index in [1.54, 1.807) is 0 Å². The molecule has 0 saturated carbocycles. The smallest absolute Gasteiger partial charge is 0.279 e. The molecule has 3 aliphatic heterocycles. The van der Waals surface area contributed by atoms with Gasteiger partial charge in [-0.1, -0.05) is 18.2 Å². The van der Waals surface area contributed by atoms with E-state index >= 15 is 0 Å². The van der Waals surface area contributed by atoms with Crippen LogP contribution >= 0.6 is 0 Å². The Kier molecular flexibility index (Phi) is 4.87. The van der Waals surface area contributed by atoms with Crippen molar-refractivity contribution in [3.63, 3.8) is 0 Å². The molecule has 6 heteroatoms. The van der Waals surface area contributed by atoms with E-state index < -0.39 is 0 Å². The zero-order valence-electron chi connectivity index (χ0n) is 14.6. The number of fused-ring (bicyclic) bond motifs is 3. The molecule has 4 rings (SSSR count). The topological polar surface area (TPSA) is 67.5 Å². The molecule has 3 saturated heterocycles. The molecule has 130 valence electrons. The van der Waals surface area contributed by atoms with E-state index in [1.807, 2.05) is 24.3 Å². The molecule has 0 radical (unpaired) electrons. The van der Waals surface area contributed by atoms with Crippen molar-refractivity contribution in [2.75, 3.05) is 64.7 Å². The Balaban J connectivity index is 1.61. The summed E-state index contributed by atoms with van der Waals surface area (Å²) >= 11 is 0. The number of benzene rings is 1. The normalized spacial score (nSPS) is 29.0. The van der Waals surface area contributed by atoms with Gasteiger partial charge in [-0.25, -0.2) is 0 Å². The van der Waals surface area contributed by atoms with E-state index in [4.69, 9.17) is 5.73 Å². The number of rotatable bonds is 6. The number of hydrogen-bond donors (Lipinski definition) is 2. The Morgan fingerprint density at radius 3 is 2.54 bits per heavy atom. The lowest BCUT2D eigenvalue weighted by Gasteiger charge is -2.53. The van der Waals surface area contributed by atoms with Crippen molar-refractivity contribution >= 4 is 17.9 Å². The van der Waals surface area contributed by atoms with Crippen LogP contribution in [0.3, 0.4) is 0 Å². The van der Waals surface area contributed by atoms with Gasteiger partial charge in [0.25, 0.3) is 5.91 Å². The van der Waals surface area contributed by atoms with Crippen molar-refractivity contribution in [1.82, 2.24) is 0 Å². The fourth-order valence-electron chi connectivity index (χ4n) is 3.88. The fourth-order valence-corrected chi connectivity index (χ4v) is 3.88. The van der Waals surface area contributed by atoms with Crippen LogP contribution < -0.4 is 11.1 Å². The third-order valence-electron chi connectivity index (χ3n) is 5.73. The first kappa shape index (κ1) is 16.9. The summed E-state index contributed by atoms with van der Waals surface area (Å²) in [5, 5.41) is 3.13. The van der Waals surface area contributed by atoms with Crippen molar-refractivity contribution in [3.8, 4) is 0 Å². The van der Waals surface area contributed by atoms with E-state index in [0.717, 1.165) is 41.8 Å². The molecule has 0 aliphatic carbocycles. The zero-order chi connectivity index (χ0) is 17.0. The number of carbonyl (C=O) groups is 1. The largest absolute Gasteiger partial charge is 0.390 e. The molecule has 3 aliphatic rings. The first-order valence-corrected chi connectivity index (χ1v) is 8.81. The van der Waals surface area contributed by atoms with Crippen LogP contribution in [0.5, 0.6) is 0 Å². The number of amides is 1. The molecule has 1 amide bonds. The molecule has 0 spiro atoms. The van der Waals surface area contributed by atoms with E-state index in [2.05, 4.69) is 17.4 Å². The van der Waals surface area contributed by atoms with Gasteiger partial charge in [-0.3, -0.25) is 9.79 Å². The fraction of sp³-hybridized carbons (Fsp3) is 0.556. The number of hydrogen-bond acceptors (Lipinski definition) is 2. The predicted molar refractivity (Wildman–Crippen MR) is 96.8 cm³/mol. The summed E-state index contributed by atoms with van der Waals surface area (Å²) in [7, 11) is 2.34. The number of para-hydroxylation sites is 1. The van der Waals surface area contributed by atoms with Crippen LogP contribution in [0.4, 0.5) is 5.69 Å². The predicted octanol–water partition coefficient (Wildman–Crippen LogP) is 0.445. The first-order chi connectivity index (χ1) is 11.5. The van der Waals surface area contributed by atoms with Crippen LogP contribution in [0.15, 0.2) is 29.3 Å². The lowest BCUT2D eigenvalue weighted by atomic mass is 10.1. The average molecular weight is 331 g/mol. The quantitative estimate of drug-likeness (QED) is 0.451. The minimum Gasteiger partial charge on any atom is -0.390 e. The summed E-state index contributed by atoms with van der Waals surface area (Å²) in [6.45, 7) is 8.18. The molecule has 3 fully saturated rings. The van der Waals surface area contributed by atoms with Crippen LogP contribution in [0.25, 0.3) is 0 Å². The van der Waals surface area contributed by atoms with Gasteiger partial charge in [0, 0.05) is 12.2 Å². The maximum Gasteiger partial charge on any atom is 0.279 e. The second kappa shape index (κ2) is 6.91. The molecule has 6 nitrogen and oxygen atoms in total. The number of quaternary nitrogens is 2. The molecule has 2 bridgehead atoms. The van der Waals surface area contributed by atoms with Gasteiger partial charge in [0.1, 0.15) is 39.3 Å². The Morgan fingerprint density at radius 1 is 1.21 bits per heavy atom. The van der Waals surface area contributed by atoms with Crippen molar-refractivity contribution < 1.29 is 13.8 Å². The van der Waals surface area contributed by atoms with Crippen LogP contribution in [0.1, 0.15) is 5.56 Å². The summed E-state index contributed by atoms with van der Waals surface area (Å²) in [5.74, 6) is 0.128. The number of carbonyl (C=O) groups excluding carboxylic acids is 1. The highest BCUT2D eigenvalue weighted by Crippen LogP contribution is 2.25. The second-order valence-electron chi connectivity index (χ2n) is 7.47. The number of nitrogens with two attached hydrogens (primary N) is 1. The van der Waals surface area contributed by atoms with Crippen LogP contribution in [-0.4, -0.2) is 80.6 Å². The third-order valence-corrected chi connectivity index (χ3v) is 5.73. The minimum absolute atomic E-state index is 0.128. The maximum atomic E-state index is 12.6. The van der Waals surface area contributed by atoms with Crippen LogP contribution in [-0.2, 0) is 11.2 Å². The SMILES string of the molecule is C[N+]12CC[N+](CC(=O)Nc3ccccc3CCN=CN)(CC1)CC2. The molecule has 3 heterocycles. The van der Waals surface area contributed by atoms with E-state index in [1.165, 1.54) is 30.5 Å². The van der Waals surface area contributed by atoms with Crippen LogP contribution in [0, 0.1) is 0 Å². The number of piperazine rings is 3. The highest BCUT2D eigenvalue weighted by molar-refractivity contribution is 5.92. The molecular weight excluding hydrogens is 302 g/mol. The van der Waals surface area contributed by atoms with E-state index in [9.17, 15) is 4.79 Å². The van der Waals surface area contributed by atoms with Gasteiger partial charge in [-0.2, -0.15) is 0 Å². The molecule has 0 aromatic heterocycles. The van der Waals surface area contributed by atoms with Gasteiger partial charge in [0.15, 0.2) is 6.54 Å². The van der Waals surface area contributed by atoms with Crippen LogP contribution in [0.2, 0.25) is 0 Å². The number of nitrogens with one attached hydrogen (secondary N) is 1. The summed E-state index contributed by atoms with van der Waals surface area (Å²) < 4.78 is 2.14. The number of anilines is 1. The van der Waals surface area contributed by atoms with Gasteiger partial charge in [-0.15, -0.1) is 0 Å². The van der Waals surface area contributed by atoms with Crippen molar-refractivity contribution in [2.45, 2.75) is 6.42 Å². The lowest BCUT2D eigenvalue weighted by Crippen LogP contribution is -2.74. The highest BCUT2D eigenvalue weighted by atomic mass is 16.2. The van der Waals surface area contributed by atoms with Crippen molar-refractivity contribution in [1.29, 1.82) is 0 Å². The van der Waals surface area contributed by atoms with Crippen molar-refractivity contribution in [2.24, 2.45) is 10.7 Å². The molecule has 1 aromatic rings. The third kappa shape index (κ3) is 3.76. The zero-order valence-corrected chi connectivity index (χ0v) is 14.6. The molecule has 1 aromatic carbocycles. The number of likely N-dealkylation sites (N-methyl/N-ethyl adjacent to an activating group) is 1. The lowest BCUT2D eigenvalue weighted by molar-refractivity contribution is -1.07. The summed E-state index contributed by atoms with van der Waals surface area (Å²) in [5.41, 5.74) is 7.31. The number of nitrogens with zero attached hydrogens (tertiary/aromatic N) is 3. The molecule has 0 atom stereocenters. The Morgan fingerprint density at radius 2 is 1.88 bits per heavy atom. The highest BCUT2D eigenvalue weighted by Gasteiger charge is 2.47. The standard InChI is InChI=1S/C18H28N5O/c1-22-8-11-23(12-9-22,13-10-22)14-18(24)21-17-5-3-2-4-16(17)6-7-20-15-19/h2-5,15H,6-14H2,1H3,(H2-,19,20,21,24)/q+1/p+1. The molecular formula is C18H29N5O+2. The summed E-state index contributed by atoms with van der Waals surface area (Å²) in [4.78, 5) is 16.7. The van der Waals surface area contributed by atoms with Crippen molar-refractivity contribution in [3.05, 3.63) is 29.8 Å². The van der Waals surface area contributed by atoms with Gasteiger partial charge in [-0.05, 0) is 18.1 Å². The molecule has 3 N–H and O–H groups in total. The van der Waals surface area contributed by atoms with Gasteiger partial charge >= 0.3 is 0 Å². The second-order valence-corrected chi connectivity index (χ2v) is 7.47. The van der Waals surface area contributed by atoms with E-state index in [-0.39, 0.29) is 5.91 Å². The average Bonchev–Trinajstić information content (AvgIpc) is 2.58. The maximum absolute atomic E-state index is 12.6. The monoisotopic (exact) mass is 331 g/mol. The molecule has 0 unspecified atom stereocenters. The first-order valence-electron chi connectivity index (χ1n) is 8.81. The number of aliphatic imine (C=N–C) groups is 1. The van der Waals surface area contributed by atoms with Gasteiger partial charge in [0.2, 0.25) is 0 Å². The van der Waals surface area contributed by atoms with E-state index in [0.29, 0.717) is 13.1 Å². The summed E-state index contributed by atoms with van der Waals surface area (Å²) in [6, 6.07) is 7.97. The molecule has 24 heavy (non-hydrogen) atoms. The minimum atomic E-state index is 0.128. The Labute approximate surface area is 144 Å².